The molecule has 0 saturated carbocycles. The summed E-state index contributed by atoms with van der Waals surface area (Å²) in [7, 11) is 0. The van der Waals surface area contributed by atoms with E-state index in [2.05, 4.69) is 6.92 Å². The molecule has 1 heterocycles. The van der Waals surface area contributed by atoms with Crippen molar-refractivity contribution in [1.29, 1.82) is 0 Å². The van der Waals surface area contributed by atoms with Gasteiger partial charge in [-0.15, -0.1) is 0 Å². The first-order valence-electron chi connectivity index (χ1n) is 10.9. The van der Waals surface area contributed by atoms with E-state index in [9.17, 15) is 14.7 Å². The van der Waals surface area contributed by atoms with Crippen LogP contribution in [0.1, 0.15) is 29.2 Å². The summed E-state index contributed by atoms with van der Waals surface area (Å²) in [5.74, 6) is -0.419. The van der Waals surface area contributed by atoms with Crippen molar-refractivity contribution in [3.63, 3.8) is 0 Å². The second-order valence-electron chi connectivity index (χ2n) is 8.78. The molecular formula is C27H26ClNO4. The van der Waals surface area contributed by atoms with Crippen molar-refractivity contribution in [2.75, 3.05) is 6.54 Å². The third-order valence-electron chi connectivity index (χ3n) is 5.79. The Hall–Kier alpha value is -3.31. The lowest BCUT2D eigenvalue weighted by Crippen LogP contribution is -2.36. The fourth-order valence-electron chi connectivity index (χ4n) is 4.30. The first-order valence-corrected chi connectivity index (χ1v) is 11.3. The van der Waals surface area contributed by atoms with Crippen LogP contribution in [0.2, 0.25) is 5.02 Å². The molecule has 0 fully saturated rings. The number of carboxylic acids is 1. The largest absolute Gasteiger partial charge is 0.487 e. The van der Waals surface area contributed by atoms with Crippen molar-refractivity contribution >= 4 is 23.5 Å². The molecular weight excluding hydrogens is 438 g/mol. The summed E-state index contributed by atoms with van der Waals surface area (Å²) in [5.41, 5.74) is 3.58. The van der Waals surface area contributed by atoms with Crippen molar-refractivity contribution in [1.82, 2.24) is 4.90 Å². The van der Waals surface area contributed by atoms with E-state index < -0.39 is 5.97 Å². The summed E-state index contributed by atoms with van der Waals surface area (Å²) in [4.78, 5) is 25.7. The Morgan fingerprint density at radius 2 is 1.70 bits per heavy atom. The minimum absolute atomic E-state index is 0.140. The quantitative estimate of drug-likeness (QED) is 0.514. The lowest BCUT2D eigenvalue weighted by atomic mass is 9.91. The van der Waals surface area contributed by atoms with Gasteiger partial charge in [0.15, 0.2) is 0 Å². The summed E-state index contributed by atoms with van der Waals surface area (Å²) >= 11 is 6.00. The summed E-state index contributed by atoms with van der Waals surface area (Å²) in [6, 6.07) is 23.0. The van der Waals surface area contributed by atoms with E-state index in [1.165, 1.54) is 4.90 Å². The van der Waals surface area contributed by atoms with Gasteiger partial charge in [-0.25, -0.2) is 0 Å². The van der Waals surface area contributed by atoms with Gasteiger partial charge in [0.2, 0.25) is 5.91 Å². The number of carbonyl (C=O) groups is 2. The first-order chi connectivity index (χ1) is 15.8. The SMILES string of the molecule is C[C@@]1(Cc2ccc(Cl)cc2)Cc2cc(CC(=O)N(CC(=O)O)Cc3ccccc3)ccc2O1. The fourth-order valence-corrected chi connectivity index (χ4v) is 4.43. The van der Waals surface area contributed by atoms with Crippen LogP contribution in [0.25, 0.3) is 0 Å². The van der Waals surface area contributed by atoms with Gasteiger partial charge in [-0.2, -0.15) is 0 Å². The minimum atomic E-state index is -1.03. The number of fused-ring (bicyclic) bond motifs is 1. The Balaban J connectivity index is 1.44. The molecule has 0 spiro atoms. The summed E-state index contributed by atoms with van der Waals surface area (Å²) in [6.07, 6.45) is 1.62. The van der Waals surface area contributed by atoms with Crippen molar-refractivity contribution in [3.8, 4) is 5.75 Å². The molecule has 0 unspecified atom stereocenters. The molecule has 0 saturated heterocycles. The molecule has 170 valence electrons. The maximum absolute atomic E-state index is 13.0. The molecule has 6 heteroatoms. The maximum atomic E-state index is 13.0. The first kappa shape index (κ1) is 22.9. The van der Waals surface area contributed by atoms with Gasteiger partial charge in [0, 0.05) is 24.4 Å². The number of aliphatic carboxylic acids is 1. The van der Waals surface area contributed by atoms with Gasteiger partial charge in [-0.3, -0.25) is 9.59 Å². The number of hydrogen-bond donors (Lipinski definition) is 1. The van der Waals surface area contributed by atoms with Crippen LogP contribution in [-0.4, -0.2) is 34.0 Å². The van der Waals surface area contributed by atoms with E-state index in [4.69, 9.17) is 16.3 Å². The average molecular weight is 464 g/mol. The van der Waals surface area contributed by atoms with E-state index in [1.807, 2.05) is 72.8 Å². The lowest BCUT2D eigenvalue weighted by Gasteiger charge is -2.24. The predicted molar refractivity (Wildman–Crippen MR) is 128 cm³/mol. The van der Waals surface area contributed by atoms with E-state index in [0.717, 1.165) is 40.8 Å². The molecule has 0 aromatic heterocycles. The molecule has 3 aromatic rings. The molecule has 33 heavy (non-hydrogen) atoms. The van der Waals surface area contributed by atoms with Crippen molar-refractivity contribution in [2.45, 2.75) is 38.3 Å². The van der Waals surface area contributed by atoms with Gasteiger partial charge >= 0.3 is 5.97 Å². The van der Waals surface area contributed by atoms with Crippen LogP contribution in [0.5, 0.6) is 5.75 Å². The normalized spacial score (nSPS) is 16.7. The van der Waals surface area contributed by atoms with E-state index >= 15 is 0 Å². The molecule has 1 N–H and O–H groups in total. The zero-order valence-electron chi connectivity index (χ0n) is 18.5. The highest BCUT2D eigenvalue weighted by Gasteiger charge is 2.35. The minimum Gasteiger partial charge on any atom is -0.487 e. The van der Waals surface area contributed by atoms with Crippen LogP contribution in [0.4, 0.5) is 0 Å². The number of hydrogen-bond acceptors (Lipinski definition) is 3. The van der Waals surface area contributed by atoms with Crippen molar-refractivity contribution in [2.24, 2.45) is 0 Å². The van der Waals surface area contributed by atoms with Gasteiger partial charge in [0.05, 0.1) is 6.42 Å². The number of benzene rings is 3. The fraction of sp³-hybridized carbons (Fsp3) is 0.259. The molecule has 1 aliphatic rings. The van der Waals surface area contributed by atoms with Gasteiger partial charge in [0.1, 0.15) is 17.9 Å². The van der Waals surface area contributed by atoms with E-state index in [1.54, 1.807) is 0 Å². The number of carboxylic acid groups (broad SMARTS) is 1. The predicted octanol–water partition coefficient (Wildman–Crippen LogP) is 4.93. The molecule has 1 aliphatic heterocycles. The number of nitrogens with zero attached hydrogens (tertiary/aromatic N) is 1. The zero-order valence-corrected chi connectivity index (χ0v) is 19.2. The summed E-state index contributed by atoms with van der Waals surface area (Å²) < 4.78 is 6.26. The number of rotatable bonds is 8. The number of amides is 1. The Kier molecular flexibility index (Phi) is 6.70. The molecule has 4 rings (SSSR count). The third kappa shape index (κ3) is 5.93. The molecule has 0 bridgehead atoms. The number of ether oxygens (including phenoxy) is 1. The summed E-state index contributed by atoms with van der Waals surface area (Å²) in [5, 5.41) is 9.99. The monoisotopic (exact) mass is 463 g/mol. The van der Waals surface area contributed by atoms with E-state index in [0.29, 0.717) is 5.02 Å². The molecule has 3 aromatic carbocycles. The second-order valence-corrected chi connectivity index (χ2v) is 9.22. The third-order valence-corrected chi connectivity index (χ3v) is 6.04. The van der Waals surface area contributed by atoms with Crippen LogP contribution in [-0.2, 0) is 35.4 Å². The molecule has 0 radical (unpaired) electrons. The maximum Gasteiger partial charge on any atom is 0.323 e. The Labute approximate surface area is 198 Å². The Morgan fingerprint density at radius 1 is 1.00 bits per heavy atom. The van der Waals surface area contributed by atoms with Gasteiger partial charge in [-0.05, 0) is 47.4 Å². The van der Waals surface area contributed by atoms with Gasteiger partial charge in [0.25, 0.3) is 0 Å². The van der Waals surface area contributed by atoms with Crippen molar-refractivity contribution < 1.29 is 19.4 Å². The van der Waals surface area contributed by atoms with Gasteiger partial charge < -0.3 is 14.7 Å². The van der Waals surface area contributed by atoms with Crippen LogP contribution in [0.15, 0.2) is 72.8 Å². The standard InChI is InChI=1S/C27H26ClNO4/c1-27(15-19-7-10-23(28)11-8-19)16-22-13-21(9-12-24(22)33-27)14-25(30)29(18-26(31)32)17-20-5-3-2-4-6-20/h2-13H,14-18H2,1H3,(H,31,32)/t27-/m1/s1. The van der Waals surface area contributed by atoms with Crippen LogP contribution in [0, 0.1) is 0 Å². The second kappa shape index (κ2) is 9.67. The topological polar surface area (TPSA) is 66.8 Å². The van der Waals surface area contributed by atoms with Crippen LogP contribution >= 0.6 is 11.6 Å². The molecule has 0 aliphatic carbocycles. The summed E-state index contributed by atoms with van der Waals surface area (Å²) in [6.45, 7) is 2.01. The zero-order chi connectivity index (χ0) is 23.4. The number of carbonyl (C=O) groups excluding carboxylic acids is 1. The Bertz CT molecular complexity index is 1150. The molecule has 1 atom stereocenters. The molecule has 5 nitrogen and oxygen atoms in total. The highest BCUT2D eigenvalue weighted by Crippen LogP contribution is 2.37. The number of halogens is 1. The van der Waals surface area contributed by atoms with E-state index in [-0.39, 0.29) is 31.0 Å². The van der Waals surface area contributed by atoms with Gasteiger partial charge in [-0.1, -0.05) is 66.2 Å². The van der Waals surface area contributed by atoms with Crippen LogP contribution < -0.4 is 4.74 Å². The Morgan fingerprint density at radius 3 is 2.39 bits per heavy atom. The lowest BCUT2D eigenvalue weighted by molar-refractivity contribution is -0.144. The smallest absolute Gasteiger partial charge is 0.323 e. The highest BCUT2D eigenvalue weighted by atomic mass is 35.5. The van der Waals surface area contributed by atoms with Crippen molar-refractivity contribution in [3.05, 3.63) is 100 Å². The van der Waals surface area contributed by atoms with Crippen LogP contribution in [0.3, 0.4) is 0 Å². The average Bonchev–Trinajstić information content (AvgIpc) is 3.10. The molecule has 1 amide bonds. The highest BCUT2D eigenvalue weighted by molar-refractivity contribution is 6.30.